The van der Waals surface area contributed by atoms with E-state index >= 15 is 0 Å². The fourth-order valence-electron chi connectivity index (χ4n) is 2.08. The van der Waals surface area contributed by atoms with Crippen LogP contribution in [0.3, 0.4) is 0 Å². The van der Waals surface area contributed by atoms with Gasteiger partial charge >= 0.3 is 0 Å². The Bertz CT molecular complexity index is 708. The Labute approximate surface area is 139 Å². The van der Waals surface area contributed by atoms with Crippen LogP contribution in [0, 0.1) is 6.92 Å². The summed E-state index contributed by atoms with van der Waals surface area (Å²) < 4.78 is 5.16. The first-order chi connectivity index (χ1) is 10.9. The van der Waals surface area contributed by atoms with Gasteiger partial charge < -0.3 is 4.52 Å². The van der Waals surface area contributed by atoms with Gasteiger partial charge in [-0.1, -0.05) is 42.7 Å². The number of nitrogens with zero attached hydrogens (tertiary/aromatic N) is 1. The molecule has 23 heavy (non-hydrogen) atoms. The van der Waals surface area contributed by atoms with Crippen LogP contribution in [-0.2, 0) is 11.2 Å². The monoisotopic (exact) mass is 335 g/mol. The van der Waals surface area contributed by atoms with Crippen LogP contribution in [0.5, 0.6) is 0 Å². The Morgan fingerprint density at radius 3 is 2.48 bits per heavy atom. The van der Waals surface area contributed by atoms with Gasteiger partial charge in [-0.05, 0) is 24.6 Å². The summed E-state index contributed by atoms with van der Waals surface area (Å²) in [6.45, 7) is 5.48. The number of hydrazine groups is 1. The number of carbonyl (C=O) groups is 2. The van der Waals surface area contributed by atoms with Crippen molar-refractivity contribution in [3.63, 3.8) is 0 Å². The number of hydrogen-bond acceptors (Lipinski definition) is 4. The third-order valence-corrected chi connectivity index (χ3v) is 3.49. The minimum atomic E-state index is -0.447. The summed E-state index contributed by atoms with van der Waals surface area (Å²) in [5.74, 6) is -0.272. The van der Waals surface area contributed by atoms with Crippen LogP contribution in [0.15, 0.2) is 28.8 Å². The molecule has 0 spiro atoms. The van der Waals surface area contributed by atoms with E-state index in [1.54, 1.807) is 31.2 Å². The van der Waals surface area contributed by atoms with Gasteiger partial charge in [-0.15, -0.1) is 0 Å². The van der Waals surface area contributed by atoms with Crippen LogP contribution >= 0.6 is 11.6 Å². The first-order valence-electron chi connectivity index (χ1n) is 7.18. The minimum Gasteiger partial charge on any atom is -0.360 e. The summed E-state index contributed by atoms with van der Waals surface area (Å²) >= 11 is 5.79. The van der Waals surface area contributed by atoms with E-state index in [2.05, 4.69) is 16.0 Å². The molecule has 0 saturated heterocycles. The van der Waals surface area contributed by atoms with Crippen molar-refractivity contribution in [1.82, 2.24) is 16.0 Å². The Morgan fingerprint density at radius 1 is 1.22 bits per heavy atom. The van der Waals surface area contributed by atoms with Gasteiger partial charge in [0.25, 0.3) is 5.91 Å². The number of carbonyl (C=O) groups excluding carboxylic acids is 2. The Morgan fingerprint density at radius 2 is 1.87 bits per heavy atom. The SMILES string of the molecule is Cc1noc(C(C)C)c1C(=O)NNC(=O)Cc1ccc(Cl)cc1. The summed E-state index contributed by atoms with van der Waals surface area (Å²) in [5, 5.41) is 4.40. The largest absolute Gasteiger partial charge is 0.360 e. The van der Waals surface area contributed by atoms with Crippen LogP contribution in [0.4, 0.5) is 0 Å². The molecule has 2 aromatic rings. The number of nitrogens with one attached hydrogen (secondary N) is 2. The number of aryl methyl sites for hydroxylation is 1. The molecule has 2 rings (SSSR count). The van der Waals surface area contributed by atoms with Crippen molar-refractivity contribution in [2.75, 3.05) is 0 Å². The van der Waals surface area contributed by atoms with E-state index in [0.29, 0.717) is 22.0 Å². The molecule has 1 aromatic heterocycles. The average Bonchev–Trinajstić information content (AvgIpc) is 2.89. The molecule has 1 heterocycles. The van der Waals surface area contributed by atoms with E-state index in [0.717, 1.165) is 5.56 Å². The lowest BCUT2D eigenvalue weighted by atomic mass is 10.0. The molecule has 6 nitrogen and oxygen atoms in total. The number of benzene rings is 1. The van der Waals surface area contributed by atoms with E-state index in [9.17, 15) is 9.59 Å². The van der Waals surface area contributed by atoms with Gasteiger partial charge in [-0.2, -0.15) is 0 Å². The van der Waals surface area contributed by atoms with E-state index in [1.807, 2.05) is 13.8 Å². The second kappa shape index (κ2) is 7.28. The second-order valence-corrected chi connectivity index (χ2v) is 5.90. The van der Waals surface area contributed by atoms with Crippen LogP contribution in [0.2, 0.25) is 5.02 Å². The van der Waals surface area contributed by atoms with Gasteiger partial charge in [-0.3, -0.25) is 20.4 Å². The topological polar surface area (TPSA) is 84.2 Å². The lowest BCUT2D eigenvalue weighted by Crippen LogP contribution is -2.42. The Balaban J connectivity index is 1.95. The predicted molar refractivity (Wildman–Crippen MR) is 86.1 cm³/mol. The zero-order valence-corrected chi connectivity index (χ0v) is 13.9. The fourth-order valence-corrected chi connectivity index (χ4v) is 2.20. The highest BCUT2D eigenvalue weighted by molar-refractivity contribution is 6.30. The molecule has 0 bridgehead atoms. The van der Waals surface area contributed by atoms with Crippen LogP contribution < -0.4 is 10.9 Å². The number of amides is 2. The van der Waals surface area contributed by atoms with E-state index in [-0.39, 0.29) is 18.2 Å². The number of halogens is 1. The highest BCUT2D eigenvalue weighted by Gasteiger charge is 2.22. The summed E-state index contributed by atoms with van der Waals surface area (Å²) in [7, 11) is 0. The normalized spacial score (nSPS) is 10.7. The van der Waals surface area contributed by atoms with Gasteiger partial charge in [0.05, 0.1) is 12.1 Å². The van der Waals surface area contributed by atoms with Crippen molar-refractivity contribution in [3.05, 3.63) is 51.9 Å². The maximum Gasteiger partial charge on any atom is 0.275 e. The quantitative estimate of drug-likeness (QED) is 0.841. The molecule has 0 aliphatic rings. The van der Waals surface area contributed by atoms with Crippen molar-refractivity contribution in [1.29, 1.82) is 0 Å². The molecule has 0 aliphatic heterocycles. The summed E-state index contributed by atoms with van der Waals surface area (Å²) in [5.41, 5.74) is 6.41. The molecular weight excluding hydrogens is 318 g/mol. The van der Waals surface area contributed by atoms with Crippen LogP contribution in [0.25, 0.3) is 0 Å². The Hall–Kier alpha value is -2.34. The molecule has 0 unspecified atom stereocenters. The van der Waals surface area contributed by atoms with Gasteiger partial charge in [0.2, 0.25) is 5.91 Å². The minimum absolute atomic E-state index is 0.0155. The number of rotatable bonds is 4. The van der Waals surface area contributed by atoms with Crippen molar-refractivity contribution in [2.45, 2.75) is 33.1 Å². The molecule has 0 aliphatic carbocycles. The van der Waals surface area contributed by atoms with Crippen LogP contribution in [-0.4, -0.2) is 17.0 Å². The second-order valence-electron chi connectivity index (χ2n) is 5.47. The summed E-state index contributed by atoms with van der Waals surface area (Å²) in [6, 6.07) is 6.92. The summed E-state index contributed by atoms with van der Waals surface area (Å²) in [6.07, 6.45) is 0.136. The lowest BCUT2D eigenvalue weighted by Gasteiger charge is -2.08. The molecule has 0 fully saturated rings. The predicted octanol–water partition coefficient (Wildman–Crippen LogP) is 2.76. The van der Waals surface area contributed by atoms with Gasteiger partial charge in [-0.25, -0.2) is 0 Å². The molecular formula is C16H18ClN3O3. The average molecular weight is 336 g/mol. The molecule has 2 amide bonds. The highest BCUT2D eigenvalue weighted by Crippen LogP contribution is 2.21. The smallest absolute Gasteiger partial charge is 0.275 e. The van der Waals surface area contributed by atoms with Gasteiger partial charge in [0, 0.05) is 10.9 Å². The molecule has 0 atom stereocenters. The van der Waals surface area contributed by atoms with Crippen molar-refractivity contribution in [2.24, 2.45) is 0 Å². The molecule has 0 radical (unpaired) electrons. The molecule has 7 heteroatoms. The van der Waals surface area contributed by atoms with Gasteiger partial charge in [0.1, 0.15) is 5.56 Å². The van der Waals surface area contributed by atoms with Crippen LogP contribution in [0.1, 0.15) is 47.1 Å². The molecule has 1 aromatic carbocycles. The maximum atomic E-state index is 12.2. The van der Waals surface area contributed by atoms with E-state index < -0.39 is 5.91 Å². The highest BCUT2D eigenvalue weighted by atomic mass is 35.5. The summed E-state index contributed by atoms with van der Waals surface area (Å²) in [4.78, 5) is 24.1. The third-order valence-electron chi connectivity index (χ3n) is 3.23. The van der Waals surface area contributed by atoms with Crippen molar-refractivity contribution >= 4 is 23.4 Å². The standard InChI is InChI=1S/C16H18ClN3O3/c1-9(2)15-14(10(3)20-23-15)16(22)19-18-13(21)8-11-4-6-12(17)7-5-11/h4-7,9H,8H2,1-3H3,(H,18,21)(H,19,22). The zero-order valence-electron chi connectivity index (χ0n) is 13.1. The van der Waals surface area contributed by atoms with Crippen molar-refractivity contribution < 1.29 is 14.1 Å². The maximum absolute atomic E-state index is 12.2. The lowest BCUT2D eigenvalue weighted by molar-refractivity contribution is -0.121. The third kappa shape index (κ3) is 4.32. The fraction of sp³-hybridized carbons (Fsp3) is 0.312. The number of aromatic nitrogens is 1. The molecule has 122 valence electrons. The Kier molecular flexibility index (Phi) is 5.39. The van der Waals surface area contributed by atoms with E-state index in [4.69, 9.17) is 16.1 Å². The van der Waals surface area contributed by atoms with E-state index in [1.165, 1.54) is 0 Å². The van der Waals surface area contributed by atoms with Crippen molar-refractivity contribution in [3.8, 4) is 0 Å². The molecule has 2 N–H and O–H groups in total. The van der Waals surface area contributed by atoms with Gasteiger partial charge in [0.15, 0.2) is 5.76 Å². The first kappa shape index (κ1) is 17.0. The zero-order chi connectivity index (χ0) is 17.0. The first-order valence-corrected chi connectivity index (χ1v) is 7.56. The molecule has 0 saturated carbocycles. The number of hydrogen-bond donors (Lipinski definition) is 2.